The Morgan fingerprint density at radius 3 is 2.59 bits per heavy atom. The lowest BCUT2D eigenvalue weighted by atomic mass is 9.86. The Morgan fingerprint density at radius 1 is 1.03 bits per heavy atom. The van der Waals surface area contributed by atoms with Crippen LogP contribution in [0.5, 0.6) is 0 Å². The van der Waals surface area contributed by atoms with Gasteiger partial charge in [-0.2, -0.15) is 0 Å². The molecule has 2 saturated heterocycles. The van der Waals surface area contributed by atoms with Gasteiger partial charge in [0.25, 0.3) is 0 Å². The predicted molar refractivity (Wildman–Crippen MR) is 139 cm³/mol. The minimum Gasteiger partial charge on any atom is -0.381 e. The maximum atomic E-state index is 5.58. The molecule has 5 heterocycles. The number of ether oxygens (including phenoxy) is 1. The van der Waals surface area contributed by atoms with Crippen molar-refractivity contribution in [3.05, 3.63) is 59.7 Å². The third-order valence-corrected chi connectivity index (χ3v) is 8.15. The lowest BCUT2D eigenvalue weighted by molar-refractivity contribution is 0.0252. The molecule has 34 heavy (non-hydrogen) atoms. The minimum atomic E-state index is 0.441. The number of nitrogens with one attached hydrogen (secondary N) is 1. The molecule has 2 fully saturated rings. The molecule has 0 aliphatic carbocycles. The summed E-state index contributed by atoms with van der Waals surface area (Å²) in [4.78, 5) is 10.8. The number of rotatable bonds is 4. The van der Waals surface area contributed by atoms with Gasteiger partial charge in [-0.1, -0.05) is 19.9 Å². The summed E-state index contributed by atoms with van der Waals surface area (Å²) in [6, 6.07) is 12.4. The van der Waals surface area contributed by atoms with Gasteiger partial charge in [0.1, 0.15) is 0 Å². The minimum absolute atomic E-state index is 0.441. The lowest BCUT2D eigenvalue weighted by Crippen LogP contribution is -2.43. The third kappa shape index (κ3) is 3.85. The molecular formula is C29H36N4O. The van der Waals surface area contributed by atoms with E-state index in [4.69, 9.17) is 4.74 Å². The van der Waals surface area contributed by atoms with Crippen LogP contribution >= 0.6 is 0 Å². The van der Waals surface area contributed by atoms with Crippen molar-refractivity contribution in [1.29, 1.82) is 0 Å². The first-order valence-corrected chi connectivity index (χ1v) is 13.0. The fourth-order valence-electron chi connectivity index (χ4n) is 6.31. The van der Waals surface area contributed by atoms with Gasteiger partial charge in [-0.3, -0.25) is 0 Å². The van der Waals surface area contributed by atoms with Gasteiger partial charge in [0, 0.05) is 41.4 Å². The number of aryl methyl sites for hydroxylation is 1. The van der Waals surface area contributed by atoms with E-state index in [1.54, 1.807) is 0 Å². The number of imidazole rings is 1. The zero-order valence-electron chi connectivity index (χ0n) is 20.7. The van der Waals surface area contributed by atoms with Crippen LogP contribution in [0.2, 0.25) is 0 Å². The summed E-state index contributed by atoms with van der Waals surface area (Å²) in [5, 5.41) is 1.39. The number of H-pyrrole nitrogens is 1. The standard InChI is InChI=1S/C29H36N4O/c1-19(2)28-26-16-22(21-6-10-32(11-7-21)24-8-12-34-13-9-24)4-5-27(26)31-29(28)23-14-20(3)33-18-30-17-25(33)15-23/h4-5,14-19,21,24,31H,6-13H2,1-3H3. The zero-order valence-corrected chi connectivity index (χ0v) is 20.7. The Kier molecular flexibility index (Phi) is 5.70. The van der Waals surface area contributed by atoms with E-state index < -0.39 is 0 Å². The first kappa shape index (κ1) is 21.9. The van der Waals surface area contributed by atoms with Crippen LogP contribution in [0.25, 0.3) is 27.7 Å². The van der Waals surface area contributed by atoms with E-state index in [2.05, 4.69) is 70.4 Å². The molecule has 0 atom stereocenters. The molecule has 1 N–H and O–H groups in total. The molecule has 5 nitrogen and oxygen atoms in total. The van der Waals surface area contributed by atoms with Gasteiger partial charge in [0.2, 0.25) is 0 Å². The highest BCUT2D eigenvalue weighted by Gasteiger charge is 2.27. The van der Waals surface area contributed by atoms with Crippen LogP contribution in [0, 0.1) is 6.92 Å². The fraction of sp³-hybridized carbons (Fsp3) is 0.483. The second-order valence-corrected chi connectivity index (χ2v) is 10.6. The maximum absolute atomic E-state index is 5.58. The van der Waals surface area contributed by atoms with Crippen LogP contribution in [0.1, 0.15) is 68.2 Å². The summed E-state index contributed by atoms with van der Waals surface area (Å²) in [5.74, 6) is 1.10. The largest absolute Gasteiger partial charge is 0.381 e. The summed E-state index contributed by atoms with van der Waals surface area (Å²) < 4.78 is 7.72. The molecule has 0 radical (unpaired) electrons. The Morgan fingerprint density at radius 2 is 1.82 bits per heavy atom. The Hall–Kier alpha value is -2.63. The van der Waals surface area contributed by atoms with Gasteiger partial charge < -0.3 is 19.0 Å². The number of aromatic amines is 1. The molecule has 0 bridgehead atoms. The highest BCUT2D eigenvalue weighted by atomic mass is 16.5. The van der Waals surface area contributed by atoms with E-state index in [0.717, 1.165) is 24.8 Å². The van der Waals surface area contributed by atoms with E-state index in [9.17, 15) is 0 Å². The monoisotopic (exact) mass is 456 g/mol. The Labute approximate surface area is 202 Å². The molecule has 2 aliphatic rings. The zero-order chi connectivity index (χ0) is 23.2. The smallest absolute Gasteiger partial charge is 0.0994 e. The number of likely N-dealkylation sites (tertiary alicyclic amines) is 1. The number of fused-ring (bicyclic) bond motifs is 2. The third-order valence-electron chi connectivity index (χ3n) is 8.15. The van der Waals surface area contributed by atoms with Gasteiger partial charge in [-0.15, -0.1) is 0 Å². The van der Waals surface area contributed by atoms with Crippen LogP contribution in [0.3, 0.4) is 0 Å². The second kappa shape index (κ2) is 8.86. The molecule has 5 heteroatoms. The van der Waals surface area contributed by atoms with Crippen molar-refractivity contribution in [2.45, 2.75) is 64.3 Å². The average molecular weight is 457 g/mol. The molecule has 0 spiro atoms. The van der Waals surface area contributed by atoms with E-state index >= 15 is 0 Å². The number of aromatic nitrogens is 3. The van der Waals surface area contributed by atoms with Crippen LogP contribution in [-0.4, -0.2) is 51.6 Å². The SMILES string of the molecule is Cc1cc(-c2[nH]c3ccc(C4CCN(C5CCOCC5)CC4)cc3c2C(C)C)cc2cncn12. The number of hydrogen-bond acceptors (Lipinski definition) is 3. The average Bonchev–Trinajstić information content (AvgIpc) is 3.49. The lowest BCUT2D eigenvalue weighted by Gasteiger charge is -2.39. The van der Waals surface area contributed by atoms with E-state index in [1.807, 2.05) is 12.5 Å². The molecule has 6 rings (SSSR count). The normalized spacial score (nSPS) is 19.1. The van der Waals surface area contributed by atoms with E-state index in [-0.39, 0.29) is 0 Å². The molecule has 0 amide bonds. The van der Waals surface area contributed by atoms with Gasteiger partial charge in [0.05, 0.1) is 23.7 Å². The summed E-state index contributed by atoms with van der Waals surface area (Å²) in [7, 11) is 0. The first-order valence-electron chi connectivity index (χ1n) is 13.0. The van der Waals surface area contributed by atoms with Crippen LogP contribution in [0.4, 0.5) is 0 Å². The van der Waals surface area contributed by atoms with Gasteiger partial charge in [-0.25, -0.2) is 4.98 Å². The van der Waals surface area contributed by atoms with Crippen LogP contribution < -0.4 is 0 Å². The molecular weight excluding hydrogens is 420 g/mol. The maximum Gasteiger partial charge on any atom is 0.0994 e. The van der Waals surface area contributed by atoms with Gasteiger partial charge in [0.15, 0.2) is 0 Å². The second-order valence-electron chi connectivity index (χ2n) is 10.6. The van der Waals surface area contributed by atoms with Crippen LogP contribution in [-0.2, 0) is 4.74 Å². The number of nitrogens with zero attached hydrogens (tertiary/aromatic N) is 3. The Bertz CT molecular complexity index is 1300. The molecule has 0 unspecified atom stereocenters. The molecule has 178 valence electrons. The summed E-state index contributed by atoms with van der Waals surface area (Å²) >= 11 is 0. The fourth-order valence-corrected chi connectivity index (χ4v) is 6.31. The summed E-state index contributed by atoms with van der Waals surface area (Å²) in [6.45, 7) is 11.1. The molecule has 1 aromatic carbocycles. The van der Waals surface area contributed by atoms with Gasteiger partial charge >= 0.3 is 0 Å². The quantitative estimate of drug-likeness (QED) is 0.393. The topological polar surface area (TPSA) is 45.6 Å². The van der Waals surface area contributed by atoms with Gasteiger partial charge in [-0.05, 0) is 92.9 Å². The molecule has 2 aliphatic heterocycles. The number of pyridine rings is 1. The predicted octanol–water partition coefficient (Wildman–Crippen LogP) is 6.27. The van der Waals surface area contributed by atoms with Crippen molar-refractivity contribution in [1.82, 2.24) is 19.3 Å². The van der Waals surface area contributed by atoms with E-state index in [1.165, 1.54) is 77.8 Å². The number of hydrogen-bond donors (Lipinski definition) is 1. The molecule has 4 aromatic rings. The summed E-state index contributed by atoms with van der Waals surface area (Å²) in [6.07, 6.45) is 8.75. The van der Waals surface area contributed by atoms with Crippen molar-refractivity contribution in [3.8, 4) is 11.3 Å². The first-order chi connectivity index (χ1) is 16.6. The van der Waals surface area contributed by atoms with E-state index in [0.29, 0.717) is 11.8 Å². The highest BCUT2D eigenvalue weighted by Crippen LogP contribution is 2.39. The number of piperidine rings is 1. The van der Waals surface area contributed by atoms with Crippen LogP contribution in [0.15, 0.2) is 42.9 Å². The Balaban J connectivity index is 1.32. The van der Waals surface area contributed by atoms with Crippen molar-refractivity contribution < 1.29 is 4.74 Å². The van der Waals surface area contributed by atoms with Crippen molar-refractivity contribution in [3.63, 3.8) is 0 Å². The molecule has 3 aromatic heterocycles. The van der Waals surface area contributed by atoms with Crippen molar-refractivity contribution >= 4 is 16.4 Å². The van der Waals surface area contributed by atoms with Crippen molar-refractivity contribution in [2.24, 2.45) is 0 Å². The number of benzene rings is 1. The van der Waals surface area contributed by atoms with Crippen molar-refractivity contribution in [2.75, 3.05) is 26.3 Å². The molecule has 0 saturated carbocycles. The highest BCUT2D eigenvalue weighted by molar-refractivity contribution is 5.92. The summed E-state index contributed by atoms with van der Waals surface area (Å²) in [5.41, 5.74) is 9.03.